The molecular weight excluding hydrogens is 418 g/mol. The predicted molar refractivity (Wildman–Crippen MR) is 128 cm³/mol. The summed E-state index contributed by atoms with van der Waals surface area (Å²) in [5, 5.41) is 20.1. The van der Waals surface area contributed by atoms with E-state index in [4.69, 9.17) is 11.1 Å². The van der Waals surface area contributed by atoms with Crippen LogP contribution in [-0.4, -0.2) is 38.7 Å². The number of nitrogens with two attached hydrogens (primary N) is 1. The second kappa shape index (κ2) is 9.44. The zero-order valence-electron chi connectivity index (χ0n) is 18.8. The molecule has 8 nitrogen and oxygen atoms in total. The SMILES string of the molecule is CCn1c(CC[C@@H]2CCCN2C(=O)Cc2ccccc2[N+](=O)[O-])cc2ccc(C(=N)N)cc21. The summed E-state index contributed by atoms with van der Waals surface area (Å²) in [6.07, 6.45) is 3.63. The molecule has 4 rings (SSSR count). The number of nitro benzene ring substituents is 1. The maximum atomic E-state index is 13.0. The van der Waals surface area contributed by atoms with E-state index in [1.54, 1.807) is 18.2 Å². The molecule has 8 heteroatoms. The fourth-order valence-electron chi connectivity index (χ4n) is 4.94. The number of fused-ring (bicyclic) bond motifs is 1. The molecule has 3 N–H and O–H groups in total. The number of aromatic nitrogens is 1. The number of amides is 1. The number of likely N-dealkylation sites (tertiary alicyclic amines) is 1. The molecule has 3 aromatic rings. The van der Waals surface area contributed by atoms with E-state index in [9.17, 15) is 14.9 Å². The molecule has 1 aromatic heterocycles. The van der Waals surface area contributed by atoms with Crippen LogP contribution in [0.15, 0.2) is 48.5 Å². The highest BCUT2D eigenvalue weighted by atomic mass is 16.6. The smallest absolute Gasteiger partial charge is 0.273 e. The van der Waals surface area contributed by atoms with Crippen molar-refractivity contribution in [1.82, 2.24) is 9.47 Å². The van der Waals surface area contributed by atoms with E-state index < -0.39 is 4.92 Å². The maximum Gasteiger partial charge on any atom is 0.273 e. The summed E-state index contributed by atoms with van der Waals surface area (Å²) < 4.78 is 2.25. The fourth-order valence-corrected chi connectivity index (χ4v) is 4.94. The molecule has 0 saturated carbocycles. The highest BCUT2D eigenvalue weighted by Crippen LogP contribution is 2.27. The van der Waals surface area contributed by atoms with Crippen molar-refractivity contribution >= 4 is 28.3 Å². The van der Waals surface area contributed by atoms with E-state index in [2.05, 4.69) is 17.6 Å². The zero-order chi connectivity index (χ0) is 23.5. The van der Waals surface area contributed by atoms with Gasteiger partial charge in [0.2, 0.25) is 5.91 Å². The van der Waals surface area contributed by atoms with Gasteiger partial charge in [0, 0.05) is 47.5 Å². The summed E-state index contributed by atoms with van der Waals surface area (Å²) in [7, 11) is 0. The maximum absolute atomic E-state index is 13.0. The number of nitrogens with one attached hydrogen (secondary N) is 1. The van der Waals surface area contributed by atoms with Crippen molar-refractivity contribution in [3.05, 3.63) is 75.5 Å². The van der Waals surface area contributed by atoms with Gasteiger partial charge in [0.1, 0.15) is 5.84 Å². The van der Waals surface area contributed by atoms with E-state index in [-0.39, 0.29) is 29.9 Å². The summed E-state index contributed by atoms with van der Waals surface area (Å²) in [5.41, 5.74) is 9.11. The molecule has 0 unspecified atom stereocenters. The van der Waals surface area contributed by atoms with Crippen LogP contribution in [0.25, 0.3) is 10.9 Å². The van der Waals surface area contributed by atoms with Gasteiger partial charge in [-0.1, -0.05) is 30.3 Å². The van der Waals surface area contributed by atoms with Gasteiger partial charge in [0.25, 0.3) is 5.69 Å². The first kappa shape index (κ1) is 22.5. The van der Waals surface area contributed by atoms with E-state index in [1.807, 2.05) is 23.1 Å². The first-order valence-electron chi connectivity index (χ1n) is 11.4. The number of carbonyl (C=O) groups excluding carboxylic acids is 1. The molecule has 1 fully saturated rings. The fraction of sp³-hybridized carbons (Fsp3) is 0.360. The number of aryl methyl sites for hydroxylation is 2. The van der Waals surface area contributed by atoms with Crippen molar-refractivity contribution in [2.24, 2.45) is 5.73 Å². The van der Waals surface area contributed by atoms with Crippen LogP contribution in [0.4, 0.5) is 5.69 Å². The van der Waals surface area contributed by atoms with Gasteiger partial charge in [-0.2, -0.15) is 0 Å². The lowest BCUT2D eigenvalue weighted by Crippen LogP contribution is -2.37. The van der Waals surface area contributed by atoms with Crippen LogP contribution in [0.1, 0.15) is 43.0 Å². The molecule has 0 radical (unpaired) electrons. The summed E-state index contributed by atoms with van der Waals surface area (Å²) in [6, 6.07) is 14.6. The number of para-hydroxylation sites is 1. The number of hydrogen-bond donors (Lipinski definition) is 2. The first-order valence-corrected chi connectivity index (χ1v) is 11.4. The minimum absolute atomic E-state index is 0.000935. The third kappa shape index (κ3) is 4.60. The van der Waals surface area contributed by atoms with E-state index in [1.165, 1.54) is 11.8 Å². The first-order chi connectivity index (χ1) is 15.9. The topological polar surface area (TPSA) is 118 Å². The third-order valence-electron chi connectivity index (χ3n) is 6.58. The molecule has 1 aliphatic heterocycles. The number of nitrogen functional groups attached to an aromatic ring is 1. The summed E-state index contributed by atoms with van der Waals surface area (Å²) in [6.45, 7) is 3.61. The van der Waals surface area contributed by atoms with Crippen molar-refractivity contribution in [3.63, 3.8) is 0 Å². The molecule has 33 heavy (non-hydrogen) atoms. The second-order valence-corrected chi connectivity index (χ2v) is 8.55. The highest BCUT2D eigenvalue weighted by Gasteiger charge is 2.30. The van der Waals surface area contributed by atoms with Crippen molar-refractivity contribution < 1.29 is 9.72 Å². The Morgan fingerprint density at radius 1 is 1.24 bits per heavy atom. The number of amidine groups is 1. The Balaban J connectivity index is 1.48. The average molecular weight is 448 g/mol. The summed E-state index contributed by atoms with van der Waals surface area (Å²) in [4.78, 5) is 25.8. The Morgan fingerprint density at radius 2 is 2.03 bits per heavy atom. The Hall–Kier alpha value is -3.68. The van der Waals surface area contributed by atoms with Gasteiger partial charge in [-0.15, -0.1) is 0 Å². The predicted octanol–water partition coefficient (Wildman–Crippen LogP) is 4.02. The van der Waals surface area contributed by atoms with Gasteiger partial charge in [0.05, 0.1) is 11.3 Å². The Bertz CT molecular complexity index is 1220. The van der Waals surface area contributed by atoms with Crippen molar-refractivity contribution in [3.8, 4) is 0 Å². The number of nitro groups is 1. The van der Waals surface area contributed by atoms with Crippen LogP contribution in [-0.2, 0) is 24.2 Å². The number of rotatable bonds is 8. The Labute approximate surface area is 192 Å². The van der Waals surface area contributed by atoms with Crippen LogP contribution in [0, 0.1) is 15.5 Å². The summed E-state index contributed by atoms with van der Waals surface area (Å²) >= 11 is 0. The molecule has 172 valence electrons. The van der Waals surface area contributed by atoms with Crippen LogP contribution >= 0.6 is 0 Å². The lowest BCUT2D eigenvalue weighted by Gasteiger charge is -2.25. The lowest BCUT2D eigenvalue weighted by atomic mass is 10.1. The molecule has 2 heterocycles. The Morgan fingerprint density at radius 3 is 2.76 bits per heavy atom. The Kier molecular flexibility index (Phi) is 6.44. The molecule has 1 saturated heterocycles. The van der Waals surface area contributed by atoms with E-state index in [0.717, 1.165) is 43.1 Å². The quantitative estimate of drug-likeness (QED) is 0.235. The van der Waals surface area contributed by atoms with Crippen LogP contribution < -0.4 is 5.73 Å². The van der Waals surface area contributed by atoms with Crippen molar-refractivity contribution in [1.29, 1.82) is 5.41 Å². The standard InChI is InChI=1S/C25H29N5O3/c1-2-28-21(14-18-9-10-19(25(26)27)15-23(18)28)12-11-20-7-5-13-29(20)24(31)16-17-6-3-4-8-22(17)30(32)33/h3-4,6,8-10,14-15,20H,2,5,7,11-13,16H2,1H3,(H3,26,27)/t20-/m0/s1. The molecule has 0 spiro atoms. The largest absolute Gasteiger partial charge is 0.384 e. The van der Waals surface area contributed by atoms with Gasteiger partial charge in [-0.3, -0.25) is 20.3 Å². The molecule has 2 aromatic carbocycles. The van der Waals surface area contributed by atoms with Crippen LogP contribution in [0.2, 0.25) is 0 Å². The summed E-state index contributed by atoms with van der Waals surface area (Å²) in [5.74, 6) is 0.00926. The van der Waals surface area contributed by atoms with Crippen LogP contribution in [0.5, 0.6) is 0 Å². The monoisotopic (exact) mass is 447 g/mol. The number of carbonyl (C=O) groups is 1. The van der Waals surface area contributed by atoms with Gasteiger partial charge >= 0.3 is 0 Å². The number of benzene rings is 2. The van der Waals surface area contributed by atoms with Crippen molar-refractivity contribution in [2.45, 2.75) is 51.6 Å². The normalized spacial score (nSPS) is 15.8. The van der Waals surface area contributed by atoms with Crippen LogP contribution in [0.3, 0.4) is 0 Å². The average Bonchev–Trinajstić information content (AvgIpc) is 3.41. The lowest BCUT2D eigenvalue weighted by molar-refractivity contribution is -0.385. The van der Waals surface area contributed by atoms with E-state index >= 15 is 0 Å². The van der Waals surface area contributed by atoms with Gasteiger partial charge in [0.15, 0.2) is 0 Å². The van der Waals surface area contributed by atoms with Crippen molar-refractivity contribution in [2.75, 3.05) is 6.54 Å². The molecular formula is C25H29N5O3. The molecule has 0 bridgehead atoms. The molecule has 1 atom stereocenters. The third-order valence-corrected chi connectivity index (χ3v) is 6.58. The molecule has 1 aliphatic rings. The number of nitrogens with zero attached hydrogens (tertiary/aromatic N) is 3. The zero-order valence-corrected chi connectivity index (χ0v) is 18.8. The highest BCUT2D eigenvalue weighted by molar-refractivity contribution is 5.98. The molecule has 0 aliphatic carbocycles. The van der Waals surface area contributed by atoms with Gasteiger partial charge < -0.3 is 15.2 Å². The molecule has 1 amide bonds. The van der Waals surface area contributed by atoms with Gasteiger partial charge in [-0.05, 0) is 50.1 Å². The minimum Gasteiger partial charge on any atom is -0.384 e. The van der Waals surface area contributed by atoms with Gasteiger partial charge in [-0.25, -0.2) is 0 Å². The second-order valence-electron chi connectivity index (χ2n) is 8.55. The number of hydrogen-bond acceptors (Lipinski definition) is 4. The van der Waals surface area contributed by atoms with E-state index in [0.29, 0.717) is 17.7 Å². The minimum atomic E-state index is -0.425.